The van der Waals surface area contributed by atoms with Crippen molar-refractivity contribution in [2.75, 3.05) is 45.7 Å². The number of ether oxygens (including phenoxy) is 6. The molecular formula is C50H88N4O13. The highest BCUT2D eigenvalue weighted by Crippen LogP contribution is 2.43. The van der Waals surface area contributed by atoms with E-state index in [1.54, 1.807) is 62.6 Å². The topological polar surface area (TPSA) is 221 Å². The Morgan fingerprint density at radius 3 is 2.21 bits per heavy atom. The van der Waals surface area contributed by atoms with Crippen LogP contribution in [0, 0.1) is 23.7 Å². The first-order valence-electron chi connectivity index (χ1n) is 24.6. The largest absolute Gasteiger partial charge is 0.459 e. The van der Waals surface area contributed by atoms with Gasteiger partial charge in [-0.2, -0.15) is 0 Å². The molecule has 3 saturated heterocycles. The molecule has 1 aromatic carbocycles. The van der Waals surface area contributed by atoms with Gasteiger partial charge in [-0.3, -0.25) is 9.69 Å². The molecule has 1 aromatic rings. The zero-order valence-electron chi connectivity index (χ0n) is 43.1. The van der Waals surface area contributed by atoms with Crippen LogP contribution in [0.15, 0.2) is 30.3 Å². The van der Waals surface area contributed by atoms with E-state index in [-0.39, 0.29) is 37.8 Å². The van der Waals surface area contributed by atoms with E-state index < -0.39 is 108 Å². The maximum Gasteiger partial charge on any atom is 0.324 e. The van der Waals surface area contributed by atoms with Crippen LogP contribution in [0.1, 0.15) is 115 Å². The van der Waals surface area contributed by atoms with Crippen molar-refractivity contribution in [1.82, 2.24) is 15.5 Å². The average molecular weight is 953 g/mol. The van der Waals surface area contributed by atoms with Crippen molar-refractivity contribution in [2.24, 2.45) is 23.7 Å². The van der Waals surface area contributed by atoms with E-state index in [9.17, 15) is 35.1 Å². The minimum atomic E-state index is -1.86. The maximum absolute atomic E-state index is 14.6. The van der Waals surface area contributed by atoms with Crippen LogP contribution in [0.2, 0.25) is 0 Å². The number of para-hydroxylation sites is 1. The molecule has 3 aliphatic rings. The molecule has 0 aromatic heterocycles. The van der Waals surface area contributed by atoms with Crippen molar-refractivity contribution >= 4 is 17.7 Å². The number of esters is 1. The van der Waals surface area contributed by atoms with E-state index in [1.807, 2.05) is 44.2 Å². The summed E-state index contributed by atoms with van der Waals surface area (Å²) in [7, 11) is 4.82. The third-order valence-corrected chi connectivity index (χ3v) is 15.1. The highest BCUT2D eigenvalue weighted by atomic mass is 16.7. The van der Waals surface area contributed by atoms with Gasteiger partial charge in [-0.15, -0.1) is 0 Å². The highest BCUT2D eigenvalue weighted by Gasteiger charge is 2.58. The number of nitrogens with zero attached hydrogens (tertiary/aromatic N) is 2. The zero-order valence-corrected chi connectivity index (χ0v) is 43.1. The molecule has 0 saturated carbocycles. The molecule has 0 radical (unpaired) electrons. The Hall–Kier alpha value is -2.52. The quantitative estimate of drug-likeness (QED) is 0.109. The van der Waals surface area contributed by atoms with Gasteiger partial charge in [0.05, 0.1) is 42.0 Å². The molecule has 2 amide bonds. The number of aliphatic hydroxyl groups is 5. The molecule has 0 aliphatic carbocycles. The van der Waals surface area contributed by atoms with Gasteiger partial charge in [-0.1, -0.05) is 52.8 Å². The number of anilines is 1. The third kappa shape index (κ3) is 13.3. The van der Waals surface area contributed by atoms with Gasteiger partial charge in [0, 0.05) is 51.8 Å². The van der Waals surface area contributed by atoms with Crippen molar-refractivity contribution in [3.63, 3.8) is 0 Å². The smallest absolute Gasteiger partial charge is 0.324 e. The van der Waals surface area contributed by atoms with Crippen LogP contribution in [0.4, 0.5) is 10.5 Å². The van der Waals surface area contributed by atoms with Gasteiger partial charge in [0.25, 0.3) is 0 Å². The van der Waals surface area contributed by atoms with E-state index in [1.165, 1.54) is 23.8 Å². The molecule has 67 heavy (non-hydrogen) atoms. The zero-order chi connectivity index (χ0) is 50.4. The number of hydrogen-bond donors (Lipinski definition) is 7. The Kier molecular flexibility index (Phi) is 20.1. The first-order valence-corrected chi connectivity index (χ1v) is 24.6. The molecule has 3 aliphatic heterocycles. The number of carbonyl (C=O) groups excluding carboxylic acids is 2. The summed E-state index contributed by atoms with van der Waals surface area (Å²) >= 11 is 0. The van der Waals surface area contributed by atoms with Crippen molar-refractivity contribution < 1.29 is 63.5 Å². The standard InChI is InChI=1S/C50H88N4O13/c1-16-38-49(12,60)42(56)34(8)52-27-30(4)25-47(10,59)43(67-45-40(55)37(24-31(5)63-45)54(14)46(58)53(13)36-20-18-17-19-21-36)32(6)41(33(7)44(57)65-38)66-39-26-48(11,62-15)50(61,35(9)64-39)28-51-23-22-29(2)3/h17-21,29-35,37-43,45,51-52,55-56,59-61H,16,22-28H2,1-15H3/t30-,31-,32+,33-,34-,35+,37+,38-,39+,40-,41+,42-,43-,45-,47-,48-,49+,50+/m1/s1. The minimum Gasteiger partial charge on any atom is -0.459 e. The summed E-state index contributed by atoms with van der Waals surface area (Å²) in [6, 6.07) is 7.42. The number of aliphatic hydroxyl groups excluding tert-OH is 2. The molecule has 3 heterocycles. The molecule has 17 nitrogen and oxygen atoms in total. The van der Waals surface area contributed by atoms with Crippen LogP contribution in [-0.2, 0) is 33.2 Å². The van der Waals surface area contributed by atoms with Crippen LogP contribution < -0.4 is 15.5 Å². The van der Waals surface area contributed by atoms with E-state index in [0.29, 0.717) is 31.1 Å². The first kappa shape index (κ1) is 57.1. The highest BCUT2D eigenvalue weighted by molar-refractivity contribution is 5.91. The Labute approximate surface area is 400 Å². The normalized spacial score (nSPS) is 41.8. The maximum atomic E-state index is 14.6. The van der Waals surface area contributed by atoms with Crippen LogP contribution >= 0.6 is 0 Å². The number of rotatable bonds is 13. The monoisotopic (exact) mass is 953 g/mol. The van der Waals surface area contributed by atoms with E-state index in [0.717, 1.165) is 6.42 Å². The molecule has 7 N–H and O–H groups in total. The fourth-order valence-corrected chi connectivity index (χ4v) is 10.4. The number of benzene rings is 1. The summed E-state index contributed by atoms with van der Waals surface area (Å²) in [5.41, 5.74) is -5.56. The summed E-state index contributed by atoms with van der Waals surface area (Å²) in [6.45, 7) is 22.7. The van der Waals surface area contributed by atoms with Crippen LogP contribution in [0.3, 0.4) is 0 Å². The summed E-state index contributed by atoms with van der Waals surface area (Å²) < 4.78 is 38.8. The number of urea groups is 1. The fourth-order valence-electron chi connectivity index (χ4n) is 10.4. The number of carbonyl (C=O) groups is 2. The SMILES string of the molecule is CC[C@H]1OC(=O)[C@H](C)[C@@H](O[C@H]2C[C@@](C)(OC)[C@](O)(CNCCC(C)C)[C@H](C)O2)[C@H](C)[C@@H](O[C@H]2O[C@H](C)C[C@H](N(C)C(=O)N(C)c3ccccc3)[C@H]2O)[C@](C)(O)C[C@@H](C)CN[C@H](C)[C@@H](O)[C@@]1(C)O. The Bertz CT molecular complexity index is 1710. The van der Waals surface area contributed by atoms with Gasteiger partial charge < -0.3 is 69.5 Å². The molecule has 4 rings (SSSR count). The lowest BCUT2D eigenvalue weighted by molar-refractivity contribution is -0.336. The van der Waals surface area contributed by atoms with Crippen molar-refractivity contribution in [3.8, 4) is 0 Å². The lowest BCUT2D eigenvalue weighted by atomic mass is 9.75. The average Bonchev–Trinajstić information content (AvgIpc) is 3.27. The van der Waals surface area contributed by atoms with Gasteiger partial charge in [0.2, 0.25) is 0 Å². The molecule has 0 bridgehead atoms. The van der Waals surface area contributed by atoms with Gasteiger partial charge in [0.1, 0.15) is 35.1 Å². The van der Waals surface area contributed by atoms with E-state index in [4.69, 9.17) is 28.4 Å². The number of methoxy groups -OCH3 is 1. The third-order valence-electron chi connectivity index (χ3n) is 15.1. The number of cyclic esters (lactones) is 1. The first-order chi connectivity index (χ1) is 31.1. The van der Waals surface area contributed by atoms with E-state index in [2.05, 4.69) is 24.5 Å². The second-order valence-corrected chi connectivity index (χ2v) is 21.2. The van der Waals surface area contributed by atoms with Gasteiger partial charge >= 0.3 is 12.0 Å². The number of hydrogen-bond acceptors (Lipinski definition) is 15. The molecule has 18 atom stereocenters. The van der Waals surface area contributed by atoms with Crippen molar-refractivity contribution in [1.29, 1.82) is 0 Å². The number of likely N-dealkylation sites (N-methyl/N-ethyl adjacent to an activating group) is 1. The molecule has 0 unspecified atom stereocenters. The summed E-state index contributed by atoms with van der Waals surface area (Å²) in [4.78, 5) is 31.4. The lowest BCUT2D eigenvalue weighted by Crippen LogP contribution is -2.70. The Balaban J connectivity index is 1.79. The predicted octanol–water partition coefficient (Wildman–Crippen LogP) is 4.19. The van der Waals surface area contributed by atoms with Crippen molar-refractivity contribution in [2.45, 2.75) is 205 Å². The summed E-state index contributed by atoms with van der Waals surface area (Å²) in [6.07, 6.45) is -8.34. The predicted molar refractivity (Wildman–Crippen MR) is 255 cm³/mol. The second-order valence-electron chi connectivity index (χ2n) is 21.2. The summed E-state index contributed by atoms with van der Waals surface area (Å²) in [5, 5.41) is 67.2. The minimum absolute atomic E-state index is 0.0453. The summed E-state index contributed by atoms with van der Waals surface area (Å²) in [5.74, 6) is -2.51. The van der Waals surface area contributed by atoms with Gasteiger partial charge in [-0.25, -0.2) is 4.79 Å². The van der Waals surface area contributed by atoms with Gasteiger partial charge in [-0.05, 0) is 111 Å². The molecule has 17 heteroatoms. The Morgan fingerprint density at radius 1 is 0.970 bits per heavy atom. The Morgan fingerprint density at radius 2 is 1.61 bits per heavy atom. The molecular weight excluding hydrogens is 865 g/mol. The van der Waals surface area contributed by atoms with E-state index >= 15 is 0 Å². The second kappa shape index (κ2) is 23.6. The van der Waals surface area contributed by atoms with Crippen molar-refractivity contribution in [3.05, 3.63) is 30.3 Å². The van der Waals surface area contributed by atoms with Crippen LogP contribution in [0.25, 0.3) is 0 Å². The van der Waals surface area contributed by atoms with Gasteiger partial charge in [0.15, 0.2) is 12.6 Å². The molecule has 386 valence electrons. The fraction of sp³-hybridized carbons (Fsp3) is 0.840. The number of amides is 2. The van der Waals surface area contributed by atoms with Crippen LogP contribution in [0.5, 0.6) is 0 Å². The number of nitrogens with one attached hydrogen (secondary N) is 2. The molecule has 0 spiro atoms. The van der Waals surface area contributed by atoms with Crippen LogP contribution in [-0.4, -0.2) is 173 Å². The lowest BCUT2D eigenvalue weighted by Gasteiger charge is -2.53. The molecule has 3 fully saturated rings.